The van der Waals surface area contributed by atoms with Crippen molar-refractivity contribution in [3.63, 3.8) is 0 Å². The normalized spacial score (nSPS) is 10.5. The molecule has 0 aliphatic rings. The van der Waals surface area contributed by atoms with E-state index in [1.807, 2.05) is 22.6 Å². The van der Waals surface area contributed by atoms with Crippen molar-refractivity contribution in [2.24, 2.45) is 0 Å². The number of hydrogen-bond donors (Lipinski definition) is 1. The summed E-state index contributed by atoms with van der Waals surface area (Å²) in [5, 5.41) is 0. The molecule has 1 aromatic rings. The zero-order valence-electron chi connectivity index (χ0n) is 6.07. The van der Waals surface area contributed by atoms with E-state index in [-0.39, 0.29) is 32.2 Å². The summed E-state index contributed by atoms with van der Waals surface area (Å²) in [7, 11) is -4.03. The molecule has 0 bridgehead atoms. The minimum absolute atomic E-state index is 0. The predicted molar refractivity (Wildman–Crippen MR) is 49.0 cm³/mol. The van der Waals surface area contributed by atoms with Crippen LogP contribution >= 0.6 is 22.6 Å². The van der Waals surface area contributed by atoms with Crippen molar-refractivity contribution < 1.29 is 40.3 Å². The molecule has 0 aliphatic carbocycles. The first-order valence-corrected chi connectivity index (χ1v) is 5.25. The molecule has 0 saturated carbocycles. The predicted octanol–water partition coefficient (Wildman–Crippen LogP) is 1.54. The summed E-state index contributed by atoms with van der Waals surface area (Å²) in [6.45, 7) is 0. The van der Waals surface area contributed by atoms with Gasteiger partial charge in [0.1, 0.15) is 0 Å². The third-order valence-electron chi connectivity index (χ3n) is 1.09. The Morgan fingerprint density at radius 2 is 1.92 bits per heavy atom. The van der Waals surface area contributed by atoms with Crippen LogP contribution in [0.4, 0.5) is 0 Å². The maximum Gasteiger partial charge on any atom is 0.294 e. The Bertz CT molecular complexity index is 363. The largest absolute Gasteiger partial charge is 0.294 e. The Kier molecular flexibility index (Phi) is 5.18. The zero-order valence-corrected chi connectivity index (χ0v) is 13.1. The van der Waals surface area contributed by atoms with Gasteiger partial charge in [-0.15, -0.1) is 0 Å². The summed E-state index contributed by atoms with van der Waals surface area (Å²) in [5.41, 5.74) is 0. The van der Waals surface area contributed by atoms with Gasteiger partial charge in [0.2, 0.25) is 0 Å². The third kappa shape index (κ3) is 3.66. The average Bonchev–Trinajstić information content (AvgIpc) is 1.86. The molecule has 12 heavy (non-hydrogen) atoms. The van der Waals surface area contributed by atoms with E-state index in [0.717, 1.165) is 3.57 Å². The Labute approximate surface area is 105 Å². The molecule has 0 aliphatic heterocycles. The second kappa shape index (κ2) is 4.86. The summed E-state index contributed by atoms with van der Waals surface area (Å²) in [4.78, 5) is -0.0654. The van der Waals surface area contributed by atoms with Gasteiger partial charge in [0.25, 0.3) is 10.1 Å². The maximum absolute atomic E-state index is 10.5. The van der Waals surface area contributed by atoms with Crippen molar-refractivity contribution in [2.45, 2.75) is 4.90 Å². The van der Waals surface area contributed by atoms with Crippen molar-refractivity contribution >= 4 is 32.7 Å². The first-order chi connectivity index (χ1) is 5.00. The van der Waals surface area contributed by atoms with E-state index in [1.54, 1.807) is 12.1 Å². The molecule has 0 spiro atoms. The Morgan fingerprint density at radius 3 is 2.25 bits per heavy atom. The second-order valence-corrected chi connectivity index (χ2v) is 4.60. The average molecular weight is 396 g/mol. The van der Waals surface area contributed by atoms with Gasteiger partial charge in [0.05, 0.1) is 4.90 Å². The molecule has 3 nitrogen and oxygen atoms in total. The van der Waals surface area contributed by atoms with Crippen molar-refractivity contribution in [1.29, 1.82) is 0 Å². The standard InChI is InChI=1S/C6H5IO3S.Cd/c7-5-2-1-3-6(4-5)11(8,9)10;/h1-4H,(H,8,9,10);. The molecule has 0 radical (unpaired) electrons. The van der Waals surface area contributed by atoms with E-state index in [9.17, 15) is 8.42 Å². The fourth-order valence-electron chi connectivity index (χ4n) is 0.627. The van der Waals surface area contributed by atoms with E-state index < -0.39 is 10.1 Å². The molecule has 0 saturated heterocycles. The first-order valence-electron chi connectivity index (χ1n) is 2.73. The quantitative estimate of drug-likeness (QED) is 0.445. The van der Waals surface area contributed by atoms with Crippen molar-refractivity contribution in [3.8, 4) is 0 Å². The van der Waals surface area contributed by atoms with Gasteiger partial charge in [0, 0.05) is 30.9 Å². The maximum atomic E-state index is 10.5. The SMILES string of the molecule is O=S(=O)(O)c1cccc(I)c1.[Cd]. The molecule has 62 valence electrons. The van der Waals surface area contributed by atoms with Crippen molar-refractivity contribution in [1.82, 2.24) is 0 Å². The van der Waals surface area contributed by atoms with E-state index in [2.05, 4.69) is 0 Å². The molecule has 0 heterocycles. The first kappa shape index (κ1) is 12.8. The number of benzene rings is 1. The van der Waals surface area contributed by atoms with E-state index in [0.29, 0.717) is 0 Å². The van der Waals surface area contributed by atoms with Crippen LogP contribution in [0, 0.1) is 3.57 Å². The summed E-state index contributed by atoms with van der Waals surface area (Å²) in [6.07, 6.45) is 0. The Morgan fingerprint density at radius 1 is 1.33 bits per heavy atom. The number of halogens is 1. The van der Waals surface area contributed by atoms with E-state index >= 15 is 0 Å². The van der Waals surface area contributed by atoms with E-state index in [4.69, 9.17) is 4.55 Å². The van der Waals surface area contributed by atoms with E-state index in [1.165, 1.54) is 12.1 Å². The van der Waals surface area contributed by atoms with Crippen LogP contribution in [0.15, 0.2) is 29.2 Å². The van der Waals surface area contributed by atoms with Crippen LogP contribution in [0.5, 0.6) is 0 Å². The smallest absolute Gasteiger partial charge is 0.282 e. The molecule has 1 rings (SSSR count). The number of hydrogen-bond acceptors (Lipinski definition) is 2. The van der Waals surface area contributed by atoms with Crippen LogP contribution in [0.1, 0.15) is 0 Å². The molecular weight excluding hydrogens is 391 g/mol. The third-order valence-corrected chi connectivity index (χ3v) is 2.61. The molecule has 0 atom stereocenters. The van der Waals surface area contributed by atoms with Crippen LogP contribution in [-0.2, 0) is 37.4 Å². The number of rotatable bonds is 1. The van der Waals surface area contributed by atoms with Crippen LogP contribution in [-0.4, -0.2) is 13.0 Å². The molecule has 0 fully saturated rings. The van der Waals surface area contributed by atoms with Gasteiger partial charge in [-0.3, -0.25) is 4.55 Å². The Hall–Kier alpha value is 0.782. The van der Waals surface area contributed by atoms with Crippen LogP contribution in [0.25, 0.3) is 0 Å². The second-order valence-electron chi connectivity index (χ2n) is 1.93. The fraction of sp³-hybridized carbons (Fsp3) is 0. The van der Waals surface area contributed by atoms with Gasteiger partial charge in [-0.05, 0) is 40.8 Å². The molecule has 0 unspecified atom stereocenters. The topological polar surface area (TPSA) is 54.4 Å². The molecule has 6 heteroatoms. The summed E-state index contributed by atoms with van der Waals surface area (Å²) in [5.74, 6) is 0. The van der Waals surface area contributed by atoms with Gasteiger partial charge < -0.3 is 0 Å². The minimum Gasteiger partial charge on any atom is -0.282 e. The fourth-order valence-corrected chi connectivity index (χ4v) is 1.91. The summed E-state index contributed by atoms with van der Waals surface area (Å²) in [6, 6.07) is 6.06. The molecule has 0 aromatic heterocycles. The monoisotopic (exact) mass is 398 g/mol. The van der Waals surface area contributed by atoms with Gasteiger partial charge in [-0.2, -0.15) is 8.42 Å². The van der Waals surface area contributed by atoms with Crippen molar-refractivity contribution in [2.75, 3.05) is 0 Å². The molecule has 1 aromatic carbocycles. The molecule has 1 N–H and O–H groups in total. The summed E-state index contributed by atoms with van der Waals surface area (Å²) >= 11 is 1.97. The van der Waals surface area contributed by atoms with Gasteiger partial charge >= 0.3 is 0 Å². The van der Waals surface area contributed by atoms with Crippen molar-refractivity contribution in [3.05, 3.63) is 27.8 Å². The molecular formula is C6H5CdIO3S. The van der Waals surface area contributed by atoms with Gasteiger partial charge in [-0.25, -0.2) is 0 Å². The van der Waals surface area contributed by atoms with Gasteiger partial charge in [-0.1, -0.05) is 6.07 Å². The zero-order chi connectivity index (χ0) is 8.48. The van der Waals surface area contributed by atoms with Crippen LogP contribution in [0.3, 0.4) is 0 Å². The summed E-state index contributed by atoms with van der Waals surface area (Å²) < 4.78 is 30.4. The van der Waals surface area contributed by atoms with Crippen LogP contribution < -0.4 is 0 Å². The van der Waals surface area contributed by atoms with Gasteiger partial charge in [0.15, 0.2) is 0 Å². The van der Waals surface area contributed by atoms with Crippen LogP contribution in [0.2, 0.25) is 0 Å². The molecule has 0 amide bonds. The Balaban J connectivity index is 0.00000121. The minimum atomic E-state index is -4.03.